The summed E-state index contributed by atoms with van der Waals surface area (Å²) in [5.41, 5.74) is 0.865. The van der Waals surface area contributed by atoms with Crippen LogP contribution in [0.1, 0.15) is 12.5 Å². The van der Waals surface area contributed by atoms with Gasteiger partial charge in [-0.1, -0.05) is 0 Å². The third kappa shape index (κ3) is 3.96. The fourth-order valence-electron chi connectivity index (χ4n) is 3.78. The van der Waals surface area contributed by atoms with E-state index in [1.807, 2.05) is 6.92 Å². The average Bonchev–Trinajstić information content (AvgIpc) is 3.07. The number of rotatable bonds is 5. The number of benzene rings is 1. The van der Waals surface area contributed by atoms with Gasteiger partial charge in [0.2, 0.25) is 0 Å². The van der Waals surface area contributed by atoms with Gasteiger partial charge in [0.15, 0.2) is 6.04 Å². The van der Waals surface area contributed by atoms with Gasteiger partial charge in [0, 0.05) is 13.1 Å². The average molecular weight is 366 g/mol. The quantitative estimate of drug-likeness (QED) is 0.568. The molecule has 3 N–H and O–H groups in total. The van der Waals surface area contributed by atoms with Crippen molar-refractivity contribution in [3.63, 3.8) is 0 Å². The Morgan fingerprint density at radius 3 is 2.69 bits per heavy atom. The van der Waals surface area contributed by atoms with Crippen LogP contribution in [0.3, 0.4) is 0 Å². The Hall–Kier alpha value is -2.19. The molecule has 1 aromatic carbocycles. The van der Waals surface area contributed by atoms with Gasteiger partial charge in [0.25, 0.3) is 5.91 Å². The Balaban J connectivity index is 1.55. The lowest BCUT2D eigenvalue weighted by atomic mass is 10.1. The SMILES string of the molecule is COc1ccc(F)cc1C[NH+]1CC[NH+]([C@H](C)C(=O)N2CCNC2=O)CC1. The first-order valence-electron chi connectivity index (χ1n) is 9.09. The maximum absolute atomic E-state index is 13.5. The largest absolute Gasteiger partial charge is 0.496 e. The number of piperazine rings is 1. The van der Waals surface area contributed by atoms with Gasteiger partial charge < -0.3 is 19.9 Å². The maximum Gasteiger partial charge on any atom is 0.324 e. The molecule has 0 unspecified atom stereocenters. The van der Waals surface area contributed by atoms with Crippen molar-refractivity contribution in [1.82, 2.24) is 10.2 Å². The van der Waals surface area contributed by atoms with Crippen molar-refractivity contribution >= 4 is 11.9 Å². The van der Waals surface area contributed by atoms with Gasteiger partial charge in [0.1, 0.15) is 44.3 Å². The number of imide groups is 1. The van der Waals surface area contributed by atoms with Crippen molar-refractivity contribution < 1.29 is 28.5 Å². The van der Waals surface area contributed by atoms with E-state index in [0.717, 1.165) is 31.7 Å². The highest BCUT2D eigenvalue weighted by atomic mass is 19.1. The van der Waals surface area contributed by atoms with E-state index >= 15 is 0 Å². The molecule has 2 saturated heterocycles. The highest BCUT2D eigenvalue weighted by molar-refractivity contribution is 5.97. The fraction of sp³-hybridized carbons (Fsp3) is 0.556. The van der Waals surface area contributed by atoms with Crippen LogP contribution >= 0.6 is 0 Å². The van der Waals surface area contributed by atoms with Gasteiger partial charge in [-0.15, -0.1) is 0 Å². The Kier molecular flexibility index (Phi) is 5.73. The number of carbonyl (C=O) groups excluding carboxylic acids is 2. The van der Waals surface area contributed by atoms with Gasteiger partial charge >= 0.3 is 6.03 Å². The molecule has 8 heteroatoms. The second-order valence-electron chi connectivity index (χ2n) is 6.98. The predicted molar refractivity (Wildman–Crippen MR) is 92.6 cm³/mol. The molecule has 0 saturated carbocycles. The summed E-state index contributed by atoms with van der Waals surface area (Å²) in [5.74, 6) is 0.343. The number of quaternary nitrogens is 2. The number of hydrogen-bond acceptors (Lipinski definition) is 3. The number of methoxy groups -OCH3 is 1. The van der Waals surface area contributed by atoms with Gasteiger partial charge in [0.05, 0.1) is 12.7 Å². The summed E-state index contributed by atoms with van der Waals surface area (Å²) in [4.78, 5) is 28.1. The molecule has 2 aliphatic heterocycles. The molecule has 3 rings (SSSR count). The number of halogens is 1. The van der Waals surface area contributed by atoms with E-state index in [-0.39, 0.29) is 23.8 Å². The molecule has 0 aliphatic carbocycles. The van der Waals surface area contributed by atoms with Crippen molar-refractivity contribution in [3.05, 3.63) is 29.6 Å². The van der Waals surface area contributed by atoms with E-state index in [0.29, 0.717) is 25.4 Å². The van der Waals surface area contributed by atoms with Crippen LogP contribution in [0, 0.1) is 5.82 Å². The van der Waals surface area contributed by atoms with E-state index in [2.05, 4.69) is 5.32 Å². The number of hydrogen-bond donors (Lipinski definition) is 3. The van der Waals surface area contributed by atoms with Crippen LogP contribution in [0.4, 0.5) is 9.18 Å². The van der Waals surface area contributed by atoms with Crippen LogP contribution in [0.5, 0.6) is 5.75 Å². The zero-order valence-corrected chi connectivity index (χ0v) is 15.3. The zero-order chi connectivity index (χ0) is 18.7. The lowest BCUT2D eigenvalue weighted by molar-refractivity contribution is -1.02. The van der Waals surface area contributed by atoms with Crippen LogP contribution in [0.2, 0.25) is 0 Å². The van der Waals surface area contributed by atoms with Gasteiger partial charge in [-0.25, -0.2) is 9.18 Å². The van der Waals surface area contributed by atoms with Crippen molar-refractivity contribution in [3.8, 4) is 5.75 Å². The van der Waals surface area contributed by atoms with Crippen molar-refractivity contribution in [1.29, 1.82) is 0 Å². The summed E-state index contributed by atoms with van der Waals surface area (Å²) in [6.45, 7) is 7.03. The number of nitrogens with zero attached hydrogens (tertiary/aromatic N) is 1. The molecule has 0 spiro atoms. The van der Waals surface area contributed by atoms with Gasteiger partial charge in [-0.3, -0.25) is 9.69 Å². The van der Waals surface area contributed by atoms with Crippen LogP contribution < -0.4 is 19.9 Å². The van der Waals surface area contributed by atoms with Crippen molar-refractivity contribution in [2.75, 3.05) is 46.4 Å². The number of urea groups is 1. The lowest BCUT2D eigenvalue weighted by Crippen LogP contribution is -3.29. The molecular weight excluding hydrogens is 339 g/mol. The number of carbonyl (C=O) groups is 2. The third-order valence-electron chi connectivity index (χ3n) is 5.39. The van der Waals surface area contributed by atoms with Crippen LogP contribution in [0.15, 0.2) is 18.2 Å². The summed E-state index contributed by atoms with van der Waals surface area (Å²) < 4.78 is 18.9. The maximum atomic E-state index is 13.5. The Bertz CT molecular complexity index is 676. The molecule has 26 heavy (non-hydrogen) atoms. The Labute approximate surface area is 152 Å². The smallest absolute Gasteiger partial charge is 0.324 e. The summed E-state index contributed by atoms with van der Waals surface area (Å²) in [7, 11) is 1.59. The standard InChI is InChI=1S/C18H25FN4O3/c1-13(17(24)23-6-5-20-18(23)25)22-9-7-21(8-10-22)12-14-11-15(19)3-4-16(14)26-2/h3-4,11,13H,5-10,12H2,1-2H3,(H,20,25)/p+2/t13-/m1/s1. The normalized spacial score (nSPS) is 24.3. The van der Waals surface area contributed by atoms with E-state index < -0.39 is 0 Å². The molecule has 142 valence electrons. The Morgan fingerprint density at radius 1 is 1.35 bits per heavy atom. The molecule has 3 amide bonds. The first-order valence-corrected chi connectivity index (χ1v) is 9.09. The van der Waals surface area contributed by atoms with E-state index in [4.69, 9.17) is 4.74 Å². The first-order chi connectivity index (χ1) is 12.5. The van der Waals surface area contributed by atoms with Crippen molar-refractivity contribution in [2.24, 2.45) is 0 Å². The molecule has 0 radical (unpaired) electrons. The van der Waals surface area contributed by atoms with Crippen LogP contribution in [0.25, 0.3) is 0 Å². The molecule has 1 atom stereocenters. The molecule has 0 bridgehead atoms. The minimum Gasteiger partial charge on any atom is -0.496 e. The van der Waals surface area contributed by atoms with Gasteiger partial charge in [-0.2, -0.15) is 0 Å². The van der Waals surface area contributed by atoms with Crippen LogP contribution in [-0.4, -0.2) is 69.3 Å². The molecule has 2 fully saturated rings. The minimum absolute atomic E-state index is 0.106. The first kappa shape index (κ1) is 18.6. The molecule has 2 heterocycles. The second-order valence-corrected chi connectivity index (χ2v) is 6.98. The highest BCUT2D eigenvalue weighted by Gasteiger charge is 2.37. The Morgan fingerprint density at radius 2 is 2.08 bits per heavy atom. The van der Waals surface area contributed by atoms with E-state index in [1.165, 1.54) is 26.8 Å². The van der Waals surface area contributed by atoms with E-state index in [9.17, 15) is 14.0 Å². The number of amides is 3. The molecule has 0 aromatic heterocycles. The number of nitrogens with one attached hydrogen (secondary N) is 3. The number of ether oxygens (including phenoxy) is 1. The topological polar surface area (TPSA) is 67.5 Å². The monoisotopic (exact) mass is 366 g/mol. The zero-order valence-electron chi connectivity index (χ0n) is 15.3. The summed E-state index contributed by atoms with van der Waals surface area (Å²) in [6, 6.07) is 4.07. The fourth-order valence-corrected chi connectivity index (χ4v) is 3.78. The van der Waals surface area contributed by atoms with Crippen molar-refractivity contribution in [2.45, 2.75) is 19.5 Å². The highest BCUT2D eigenvalue weighted by Crippen LogP contribution is 2.18. The molecule has 1 aromatic rings. The molecular formula is C18H27FN4O3+2. The van der Waals surface area contributed by atoms with Crippen LogP contribution in [-0.2, 0) is 11.3 Å². The van der Waals surface area contributed by atoms with Gasteiger partial charge in [-0.05, 0) is 25.1 Å². The molecule has 7 nitrogen and oxygen atoms in total. The third-order valence-corrected chi connectivity index (χ3v) is 5.39. The molecule has 2 aliphatic rings. The predicted octanol–water partition coefficient (Wildman–Crippen LogP) is -1.94. The summed E-state index contributed by atoms with van der Waals surface area (Å²) >= 11 is 0. The summed E-state index contributed by atoms with van der Waals surface area (Å²) in [5, 5.41) is 2.67. The van der Waals surface area contributed by atoms with E-state index in [1.54, 1.807) is 13.2 Å². The second kappa shape index (κ2) is 8.01. The summed E-state index contributed by atoms with van der Waals surface area (Å²) in [6.07, 6.45) is 0. The lowest BCUT2D eigenvalue weighted by Gasteiger charge is -2.33. The minimum atomic E-state index is -0.288.